The van der Waals surface area contributed by atoms with Gasteiger partial charge in [-0.2, -0.15) is 18.2 Å². The first-order valence-corrected chi connectivity index (χ1v) is 23.8. The predicted molar refractivity (Wildman–Crippen MR) is 289 cm³/mol. The minimum atomic E-state index is -2.66. The summed E-state index contributed by atoms with van der Waals surface area (Å²) in [7, 11) is 0. The Kier molecular flexibility index (Phi) is 9.46. The summed E-state index contributed by atoms with van der Waals surface area (Å²) >= 11 is 0. The van der Waals surface area contributed by atoms with Crippen molar-refractivity contribution in [3.05, 3.63) is 235 Å². The topological polar surface area (TPSA) is 35.9 Å². The van der Waals surface area contributed by atoms with Gasteiger partial charge in [-0.05, 0) is 121 Å². The molecule has 0 saturated heterocycles. The Morgan fingerprint density at radius 2 is 1.19 bits per heavy atom. The van der Waals surface area contributed by atoms with Crippen LogP contribution in [0.1, 0.15) is 45.7 Å². The second-order valence-corrected chi connectivity index (χ2v) is 19.1. The van der Waals surface area contributed by atoms with Crippen molar-refractivity contribution in [1.82, 2.24) is 14.1 Å². The van der Waals surface area contributed by atoms with Gasteiger partial charge in [-0.3, -0.25) is 4.57 Å². The Bertz CT molecular complexity index is 4310. The first-order valence-electron chi connectivity index (χ1n) is 26.8. The molecule has 0 amide bonds. The van der Waals surface area contributed by atoms with Crippen LogP contribution in [-0.2, 0) is 26.5 Å². The van der Waals surface area contributed by atoms with Gasteiger partial charge in [0.15, 0.2) is 0 Å². The van der Waals surface area contributed by atoms with Crippen LogP contribution in [0.3, 0.4) is 0 Å². The number of aryl methyl sites for hydroxylation is 2. The van der Waals surface area contributed by atoms with E-state index in [9.17, 15) is 0 Å². The van der Waals surface area contributed by atoms with Crippen LogP contribution >= 0.6 is 0 Å². The Morgan fingerprint density at radius 1 is 0.542 bits per heavy atom. The van der Waals surface area contributed by atoms with E-state index in [2.05, 4.69) is 127 Å². The molecule has 350 valence electrons. The number of aromatic nitrogens is 4. The molecule has 0 atom stereocenters. The summed E-state index contributed by atoms with van der Waals surface area (Å²) in [5.74, 6) is 1.71. The van der Waals surface area contributed by atoms with Crippen LogP contribution in [0.15, 0.2) is 200 Å². The summed E-state index contributed by atoms with van der Waals surface area (Å²) in [4.78, 5) is 4.87. The van der Waals surface area contributed by atoms with Gasteiger partial charge in [0.25, 0.3) is 6.33 Å². The Balaban J connectivity index is 0.00000609. The second-order valence-electron chi connectivity index (χ2n) is 19.1. The fraction of sp³-hybridized carbons (Fsp3) is 0.0909. The number of hydrogen-bond donors (Lipinski definition) is 0. The van der Waals surface area contributed by atoms with Crippen molar-refractivity contribution in [2.75, 3.05) is 0 Å². The van der Waals surface area contributed by atoms with Crippen molar-refractivity contribution >= 4 is 32.8 Å². The SMILES string of the molecule is [2H]C([2H])([2H])c1cccc(C([2H])([2H])[2H])c1-c1ccc2c3c1-c1ccccc1-c1ccccc1-c1cccc(-c4ccccc4)c1-[n+]3[c-]n2-c1[c-]c(Oc2[c-]c3c(cc2)c2ccccc2n3-c2cc(C(C)(C)C)ccn2)ccc1.[Pt]. The summed E-state index contributed by atoms with van der Waals surface area (Å²) in [5, 5.41) is 2.09. The molecular formula is C66H48N4OPt-2. The number of para-hydroxylation sites is 2. The maximum atomic E-state index is 8.86. The molecular weight excluding hydrogens is 1060 g/mol. The van der Waals surface area contributed by atoms with Crippen LogP contribution in [0.4, 0.5) is 0 Å². The van der Waals surface area contributed by atoms with Crippen LogP contribution in [-0.4, -0.2) is 14.1 Å². The summed E-state index contributed by atoms with van der Waals surface area (Å²) in [6, 6.07) is 70.7. The predicted octanol–water partition coefficient (Wildman–Crippen LogP) is 16.2. The van der Waals surface area contributed by atoms with E-state index in [1.165, 1.54) is 18.2 Å². The zero-order chi connectivity index (χ0) is 53.0. The van der Waals surface area contributed by atoms with Gasteiger partial charge in [-0.1, -0.05) is 172 Å². The van der Waals surface area contributed by atoms with E-state index in [0.29, 0.717) is 39.3 Å². The van der Waals surface area contributed by atoms with Crippen molar-refractivity contribution in [3.63, 3.8) is 0 Å². The van der Waals surface area contributed by atoms with E-state index < -0.39 is 13.7 Å². The van der Waals surface area contributed by atoms with Gasteiger partial charge in [0, 0.05) is 52.5 Å². The first-order chi connectivity index (χ1) is 37.1. The molecule has 13 rings (SSSR count). The number of benzene rings is 9. The molecule has 0 aliphatic carbocycles. The van der Waals surface area contributed by atoms with E-state index in [1.54, 1.807) is 0 Å². The third kappa shape index (κ3) is 7.33. The maximum absolute atomic E-state index is 8.86. The van der Waals surface area contributed by atoms with E-state index in [0.717, 1.165) is 77.8 Å². The van der Waals surface area contributed by atoms with Gasteiger partial charge in [0.05, 0.1) is 16.7 Å². The minimum Gasteiger partial charge on any atom is -0.510 e. The van der Waals surface area contributed by atoms with Crippen molar-refractivity contribution in [2.24, 2.45) is 0 Å². The molecule has 0 spiro atoms. The molecule has 5 nitrogen and oxygen atoms in total. The number of ether oxygens (including phenoxy) is 1. The number of hydrogen-bond acceptors (Lipinski definition) is 2. The molecule has 6 heteroatoms. The van der Waals surface area contributed by atoms with Crippen LogP contribution in [0.25, 0.3) is 106 Å². The molecule has 4 heterocycles. The van der Waals surface area contributed by atoms with Crippen molar-refractivity contribution in [1.29, 1.82) is 0 Å². The first kappa shape index (κ1) is 38.6. The van der Waals surface area contributed by atoms with E-state index in [4.69, 9.17) is 17.9 Å². The van der Waals surface area contributed by atoms with Crippen molar-refractivity contribution in [3.8, 4) is 84.3 Å². The average molecular weight is 1110 g/mol. The summed E-state index contributed by atoms with van der Waals surface area (Å²) in [5.41, 5.74) is 13.3. The zero-order valence-corrected chi connectivity index (χ0v) is 41.8. The molecule has 12 aromatic rings. The number of nitrogens with zero attached hydrogens (tertiary/aromatic N) is 4. The fourth-order valence-corrected chi connectivity index (χ4v) is 10.5. The number of imidazole rings is 1. The van der Waals surface area contributed by atoms with E-state index in [-0.39, 0.29) is 43.2 Å². The maximum Gasteiger partial charge on any atom is 0.268 e. The Morgan fingerprint density at radius 3 is 1.97 bits per heavy atom. The monoisotopic (exact) mass is 1110 g/mol. The molecule has 72 heavy (non-hydrogen) atoms. The van der Waals surface area contributed by atoms with Gasteiger partial charge in [-0.15, -0.1) is 29.7 Å². The van der Waals surface area contributed by atoms with Crippen LogP contribution in [0.5, 0.6) is 11.5 Å². The summed E-state index contributed by atoms with van der Waals surface area (Å²) < 4.78 is 66.1. The van der Waals surface area contributed by atoms with Gasteiger partial charge < -0.3 is 13.9 Å². The molecule has 0 unspecified atom stereocenters. The van der Waals surface area contributed by atoms with Gasteiger partial charge in [0.1, 0.15) is 5.82 Å². The molecule has 0 fully saturated rings. The molecule has 1 aliphatic rings. The third-order valence-electron chi connectivity index (χ3n) is 13.8. The standard InChI is InChI=1S/C66H48N4O.Pt/c1-42-18-15-19-43(2)62(42)57-34-35-59-65-63(57)55-28-12-11-25-51(55)50-24-9-10-26-52(50)56-30-17-29-49(44-20-7-6-8-21-44)64(56)69(65)41-68(59)46-22-16-23-47(39-46)71-48-32-33-54-53-27-13-14-31-58(53)70(60(54)40-48)61-38-45(36-37-67-61)66(3,4)5;/h6-38H,1-5H3;/q-2;/i1D3,2D3;. The number of pyridine rings is 1. The Hall–Kier alpha value is -8.11. The van der Waals surface area contributed by atoms with Gasteiger partial charge in [0.2, 0.25) is 0 Å². The molecule has 1 aliphatic heterocycles. The van der Waals surface area contributed by atoms with Gasteiger partial charge in [-0.25, -0.2) is 4.98 Å². The van der Waals surface area contributed by atoms with E-state index >= 15 is 0 Å². The molecule has 0 saturated carbocycles. The number of rotatable bonds is 6. The molecule has 3 aromatic heterocycles. The smallest absolute Gasteiger partial charge is 0.268 e. The largest absolute Gasteiger partial charge is 0.510 e. The van der Waals surface area contributed by atoms with Crippen LogP contribution in [0, 0.1) is 32.2 Å². The average Bonchev–Trinajstić information content (AvgIpc) is 4.18. The van der Waals surface area contributed by atoms with E-state index in [1.807, 2.05) is 108 Å². The second kappa shape index (κ2) is 17.6. The zero-order valence-electron chi connectivity index (χ0n) is 45.6. The van der Waals surface area contributed by atoms with Crippen LogP contribution in [0.2, 0.25) is 0 Å². The minimum absolute atomic E-state index is 0. The summed E-state index contributed by atoms with van der Waals surface area (Å²) in [6.45, 7) is 1.27. The van der Waals surface area contributed by atoms with Crippen LogP contribution < -0.4 is 9.30 Å². The Labute approximate surface area is 443 Å². The molecule has 0 N–H and O–H groups in total. The van der Waals surface area contributed by atoms with Crippen molar-refractivity contribution < 1.29 is 38.6 Å². The fourth-order valence-electron chi connectivity index (χ4n) is 10.5. The quantitative estimate of drug-likeness (QED) is 0.123. The molecule has 9 aromatic carbocycles. The van der Waals surface area contributed by atoms with Gasteiger partial charge >= 0.3 is 0 Å². The van der Waals surface area contributed by atoms with Crippen molar-refractivity contribution in [2.45, 2.75) is 39.9 Å². The third-order valence-corrected chi connectivity index (χ3v) is 13.8. The molecule has 0 bridgehead atoms. The normalized spacial score (nSPS) is 13.4. The molecule has 0 radical (unpaired) electrons. The number of fused-ring (bicyclic) bond motifs is 10. The summed E-state index contributed by atoms with van der Waals surface area (Å²) in [6.07, 6.45) is 5.68.